The van der Waals surface area contributed by atoms with Gasteiger partial charge in [-0.05, 0) is 51.8 Å². The Kier molecular flexibility index (Phi) is 8.31. The number of unbranched alkanes of at least 4 members (excludes halogenated alkanes) is 1. The van der Waals surface area contributed by atoms with Crippen LogP contribution < -0.4 is 4.74 Å². The van der Waals surface area contributed by atoms with Gasteiger partial charge >= 0.3 is 5.97 Å². The standard InChI is InChI=1S/C21H30BrNO5/c1-6-8-11-25-18-13-26-23-19(18)15-12-14(22)9-10-17(15)27-16(7-2)20(24)28-21(3,4)5/h9-10,12,16,18H,6-8,11,13H2,1-5H3/t16-,18+/m0/s1. The summed E-state index contributed by atoms with van der Waals surface area (Å²) in [6, 6.07) is 5.58. The molecule has 0 bridgehead atoms. The summed E-state index contributed by atoms with van der Waals surface area (Å²) >= 11 is 3.50. The second kappa shape index (κ2) is 10.3. The third kappa shape index (κ3) is 6.48. The van der Waals surface area contributed by atoms with Crippen molar-refractivity contribution in [3.63, 3.8) is 0 Å². The Hall–Kier alpha value is -1.60. The van der Waals surface area contributed by atoms with Gasteiger partial charge in [-0.3, -0.25) is 0 Å². The first kappa shape index (κ1) is 22.7. The van der Waals surface area contributed by atoms with E-state index in [2.05, 4.69) is 28.0 Å². The Bertz CT molecular complexity index is 699. The van der Waals surface area contributed by atoms with Gasteiger partial charge in [-0.15, -0.1) is 0 Å². The maximum absolute atomic E-state index is 12.5. The molecule has 0 N–H and O–H groups in total. The predicted molar refractivity (Wildman–Crippen MR) is 112 cm³/mol. The minimum atomic E-state index is -0.707. The number of carbonyl (C=O) groups excluding carboxylic acids is 1. The fraction of sp³-hybridized carbons (Fsp3) is 0.619. The average Bonchev–Trinajstić information content (AvgIpc) is 3.07. The summed E-state index contributed by atoms with van der Waals surface area (Å²) in [5.41, 5.74) is 0.847. The smallest absolute Gasteiger partial charge is 0.347 e. The fourth-order valence-corrected chi connectivity index (χ4v) is 3.02. The molecule has 28 heavy (non-hydrogen) atoms. The molecule has 0 radical (unpaired) electrons. The molecule has 1 aromatic rings. The van der Waals surface area contributed by atoms with Crippen LogP contribution >= 0.6 is 15.9 Å². The number of benzene rings is 1. The van der Waals surface area contributed by atoms with E-state index in [0.717, 1.165) is 22.9 Å². The molecule has 1 aliphatic heterocycles. The van der Waals surface area contributed by atoms with Crippen molar-refractivity contribution in [1.82, 2.24) is 0 Å². The molecule has 0 aromatic heterocycles. The first-order valence-corrected chi connectivity index (χ1v) is 10.5. The molecule has 0 fully saturated rings. The Balaban J connectivity index is 2.23. The zero-order valence-corrected chi connectivity index (χ0v) is 18.9. The van der Waals surface area contributed by atoms with Crippen molar-refractivity contribution in [3.8, 4) is 5.75 Å². The number of ether oxygens (including phenoxy) is 3. The molecular weight excluding hydrogens is 426 g/mol. The lowest BCUT2D eigenvalue weighted by molar-refractivity contribution is -0.163. The van der Waals surface area contributed by atoms with Gasteiger partial charge in [0.25, 0.3) is 0 Å². The van der Waals surface area contributed by atoms with Crippen molar-refractivity contribution in [2.24, 2.45) is 5.16 Å². The molecule has 0 aliphatic carbocycles. The number of halogens is 1. The monoisotopic (exact) mass is 455 g/mol. The number of hydrogen-bond donors (Lipinski definition) is 0. The Morgan fingerprint density at radius 3 is 2.75 bits per heavy atom. The van der Waals surface area contributed by atoms with Crippen LogP contribution in [-0.2, 0) is 19.1 Å². The van der Waals surface area contributed by atoms with Crippen LogP contribution in [0.3, 0.4) is 0 Å². The Morgan fingerprint density at radius 2 is 2.11 bits per heavy atom. The number of oxime groups is 1. The number of carbonyl (C=O) groups is 1. The molecule has 1 aromatic carbocycles. The normalized spacial score (nSPS) is 17.6. The van der Waals surface area contributed by atoms with Crippen molar-refractivity contribution in [3.05, 3.63) is 28.2 Å². The first-order valence-electron chi connectivity index (χ1n) is 9.76. The molecule has 2 atom stereocenters. The number of rotatable bonds is 9. The van der Waals surface area contributed by atoms with Gasteiger partial charge in [0.05, 0.1) is 0 Å². The molecule has 156 valence electrons. The van der Waals surface area contributed by atoms with Gasteiger partial charge in [0.15, 0.2) is 6.10 Å². The predicted octanol–water partition coefficient (Wildman–Crippen LogP) is 4.87. The van der Waals surface area contributed by atoms with Gasteiger partial charge in [-0.1, -0.05) is 41.4 Å². The zero-order valence-electron chi connectivity index (χ0n) is 17.3. The van der Waals surface area contributed by atoms with E-state index < -0.39 is 11.7 Å². The van der Waals surface area contributed by atoms with Crippen LogP contribution in [0.25, 0.3) is 0 Å². The van der Waals surface area contributed by atoms with Crippen LogP contribution in [0, 0.1) is 0 Å². The van der Waals surface area contributed by atoms with E-state index >= 15 is 0 Å². The molecule has 7 heteroatoms. The molecule has 6 nitrogen and oxygen atoms in total. The molecule has 0 amide bonds. The van der Waals surface area contributed by atoms with Crippen molar-refractivity contribution >= 4 is 27.6 Å². The van der Waals surface area contributed by atoms with Gasteiger partial charge in [-0.25, -0.2) is 4.79 Å². The minimum Gasteiger partial charge on any atom is -0.478 e. The molecular formula is C21H30BrNO5. The lowest BCUT2D eigenvalue weighted by Crippen LogP contribution is -2.35. The third-order valence-corrected chi connectivity index (χ3v) is 4.53. The highest BCUT2D eigenvalue weighted by molar-refractivity contribution is 9.10. The quantitative estimate of drug-likeness (QED) is 0.392. The fourth-order valence-electron chi connectivity index (χ4n) is 2.66. The molecule has 1 aliphatic rings. The summed E-state index contributed by atoms with van der Waals surface area (Å²) in [6.07, 6.45) is 1.55. The van der Waals surface area contributed by atoms with Crippen LogP contribution in [0.2, 0.25) is 0 Å². The lowest BCUT2D eigenvalue weighted by atomic mass is 10.0. The van der Waals surface area contributed by atoms with Crippen molar-refractivity contribution in [2.75, 3.05) is 13.2 Å². The van der Waals surface area contributed by atoms with E-state index in [4.69, 9.17) is 19.0 Å². The van der Waals surface area contributed by atoms with Crippen molar-refractivity contribution < 1.29 is 23.8 Å². The van der Waals surface area contributed by atoms with E-state index in [1.807, 2.05) is 45.9 Å². The van der Waals surface area contributed by atoms with E-state index in [1.54, 1.807) is 0 Å². The highest BCUT2D eigenvalue weighted by Crippen LogP contribution is 2.29. The van der Waals surface area contributed by atoms with Gasteiger partial charge in [0.1, 0.15) is 29.8 Å². The van der Waals surface area contributed by atoms with E-state index in [0.29, 0.717) is 31.1 Å². The second-order valence-corrected chi connectivity index (χ2v) is 8.59. The molecule has 2 rings (SSSR count). The number of esters is 1. The minimum absolute atomic E-state index is 0.259. The average molecular weight is 456 g/mol. The van der Waals surface area contributed by atoms with Crippen LogP contribution in [0.5, 0.6) is 5.75 Å². The SMILES string of the molecule is CCCCO[C@@H]1CON=C1c1cc(Br)ccc1O[C@@H](CC)C(=O)OC(C)(C)C. The van der Waals surface area contributed by atoms with Gasteiger partial charge in [0, 0.05) is 16.6 Å². The van der Waals surface area contributed by atoms with E-state index in [-0.39, 0.29) is 12.1 Å². The molecule has 0 saturated carbocycles. The Morgan fingerprint density at radius 1 is 1.36 bits per heavy atom. The van der Waals surface area contributed by atoms with Crippen LogP contribution in [0.4, 0.5) is 0 Å². The number of nitrogens with zero attached hydrogens (tertiary/aromatic N) is 1. The summed E-state index contributed by atoms with van der Waals surface area (Å²) in [4.78, 5) is 17.8. The second-order valence-electron chi connectivity index (χ2n) is 7.67. The molecule has 0 saturated heterocycles. The van der Waals surface area contributed by atoms with Crippen molar-refractivity contribution in [2.45, 2.75) is 71.7 Å². The zero-order chi connectivity index (χ0) is 20.7. The first-order chi connectivity index (χ1) is 13.2. The molecule has 0 unspecified atom stereocenters. The number of hydrogen-bond acceptors (Lipinski definition) is 6. The van der Waals surface area contributed by atoms with Gasteiger partial charge in [0.2, 0.25) is 0 Å². The van der Waals surface area contributed by atoms with Crippen molar-refractivity contribution in [1.29, 1.82) is 0 Å². The lowest BCUT2D eigenvalue weighted by Gasteiger charge is -2.25. The van der Waals surface area contributed by atoms with Gasteiger partial charge < -0.3 is 19.0 Å². The molecule has 0 spiro atoms. The maximum Gasteiger partial charge on any atom is 0.347 e. The van der Waals surface area contributed by atoms with Gasteiger partial charge in [-0.2, -0.15) is 0 Å². The highest BCUT2D eigenvalue weighted by atomic mass is 79.9. The summed E-state index contributed by atoms with van der Waals surface area (Å²) in [6.45, 7) is 10.5. The van der Waals surface area contributed by atoms with E-state index in [1.165, 1.54) is 0 Å². The van der Waals surface area contributed by atoms with Crippen LogP contribution in [0.1, 0.15) is 59.4 Å². The topological polar surface area (TPSA) is 66.3 Å². The summed E-state index contributed by atoms with van der Waals surface area (Å²) < 4.78 is 18.4. The molecule has 1 heterocycles. The summed E-state index contributed by atoms with van der Waals surface area (Å²) in [5, 5.41) is 4.18. The van der Waals surface area contributed by atoms with Crippen LogP contribution in [-0.4, -0.2) is 42.7 Å². The Labute approximate surface area is 175 Å². The summed E-state index contributed by atoms with van der Waals surface area (Å²) in [7, 11) is 0. The van der Waals surface area contributed by atoms with Crippen LogP contribution in [0.15, 0.2) is 27.8 Å². The summed E-state index contributed by atoms with van der Waals surface area (Å²) in [5.74, 6) is 0.165. The van der Waals surface area contributed by atoms with E-state index in [9.17, 15) is 4.79 Å². The third-order valence-electron chi connectivity index (χ3n) is 4.04. The maximum atomic E-state index is 12.5. The largest absolute Gasteiger partial charge is 0.478 e. The highest BCUT2D eigenvalue weighted by Gasteiger charge is 2.31.